The molecule has 3 aromatic rings. The Bertz CT molecular complexity index is 800. The number of hydrogen-bond acceptors (Lipinski definition) is 4. The summed E-state index contributed by atoms with van der Waals surface area (Å²) in [4.78, 5) is 19.7. The van der Waals surface area contributed by atoms with Crippen LogP contribution in [0.1, 0.15) is 15.9 Å². The smallest absolute Gasteiger partial charge is 0.338 e. The lowest BCUT2D eigenvalue weighted by Crippen LogP contribution is -2.00. The molecule has 2 aromatic heterocycles. The molecule has 2 heterocycles. The molecule has 0 fully saturated rings. The first-order valence-corrected chi connectivity index (χ1v) is 7.38. The van der Waals surface area contributed by atoms with Gasteiger partial charge in [-0.05, 0) is 23.8 Å². The molecule has 0 atom stereocenters. The summed E-state index contributed by atoms with van der Waals surface area (Å²) in [5.74, 6) is -0.326. The van der Waals surface area contributed by atoms with E-state index in [9.17, 15) is 4.79 Å². The molecule has 0 radical (unpaired) electrons. The van der Waals surface area contributed by atoms with Gasteiger partial charge in [-0.25, -0.2) is 9.78 Å². The van der Waals surface area contributed by atoms with Gasteiger partial charge in [0, 0.05) is 23.5 Å². The fourth-order valence-electron chi connectivity index (χ4n) is 2.10. The molecule has 21 heavy (non-hydrogen) atoms. The lowest BCUT2D eigenvalue weighted by atomic mass is 10.1. The largest absolute Gasteiger partial charge is 0.478 e. The van der Waals surface area contributed by atoms with Crippen LogP contribution in [0.2, 0.25) is 0 Å². The number of carboxylic acids is 1. The molecule has 1 aromatic carbocycles. The number of thioether (sulfide) groups is 1. The van der Waals surface area contributed by atoms with Gasteiger partial charge in [-0.2, -0.15) is 0 Å². The maximum absolute atomic E-state index is 11.2. The van der Waals surface area contributed by atoms with E-state index < -0.39 is 5.97 Å². The number of hydrogen-bond donors (Lipinski definition) is 1. The van der Waals surface area contributed by atoms with Crippen molar-refractivity contribution in [3.8, 4) is 0 Å². The van der Waals surface area contributed by atoms with E-state index in [-0.39, 0.29) is 5.56 Å². The van der Waals surface area contributed by atoms with Gasteiger partial charge < -0.3 is 5.11 Å². The summed E-state index contributed by atoms with van der Waals surface area (Å²) in [7, 11) is 0. The molecule has 0 saturated carbocycles. The van der Waals surface area contributed by atoms with Crippen LogP contribution >= 0.6 is 11.8 Å². The van der Waals surface area contributed by atoms with Crippen LogP contribution in [0.15, 0.2) is 59.9 Å². The number of fused-ring (bicyclic) bond motifs is 1. The maximum atomic E-state index is 11.2. The maximum Gasteiger partial charge on any atom is 0.338 e. The summed E-state index contributed by atoms with van der Waals surface area (Å²) in [6, 6.07) is 13.1. The Morgan fingerprint density at radius 1 is 1.05 bits per heavy atom. The number of nitrogens with zero attached hydrogens (tertiary/aromatic N) is 2. The Hall–Kier alpha value is -2.40. The van der Waals surface area contributed by atoms with Gasteiger partial charge in [0.2, 0.25) is 0 Å². The lowest BCUT2D eigenvalue weighted by molar-refractivity contribution is 0.0692. The van der Waals surface area contributed by atoms with Crippen molar-refractivity contribution in [2.75, 3.05) is 0 Å². The van der Waals surface area contributed by atoms with Gasteiger partial charge >= 0.3 is 5.97 Å². The predicted octanol–water partition coefficient (Wildman–Crippen LogP) is 3.62. The average Bonchev–Trinajstić information content (AvgIpc) is 2.53. The first kappa shape index (κ1) is 13.6. The summed E-state index contributed by atoms with van der Waals surface area (Å²) in [6.45, 7) is 0. The summed E-state index contributed by atoms with van der Waals surface area (Å²) in [6.07, 6.45) is 3.37. The zero-order chi connectivity index (χ0) is 14.7. The normalized spacial score (nSPS) is 10.7. The van der Waals surface area contributed by atoms with Crippen LogP contribution in [0.5, 0.6) is 0 Å². The number of aromatic carboxylic acids is 1. The molecule has 3 rings (SSSR count). The molecule has 0 unspecified atom stereocenters. The zero-order valence-electron chi connectivity index (χ0n) is 11.1. The van der Waals surface area contributed by atoms with Crippen molar-refractivity contribution in [1.82, 2.24) is 9.97 Å². The molecule has 0 aliphatic rings. The highest BCUT2D eigenvalue weighted by atomic mass is 32.2. The van der Waals surface area contributed by atoms with E-state index in [0.717, 1.165) is 16.5 Å². The average molecular weight is 296 g/mol. The first-order chi connectivity index (χ1) is 10.3. The molecule has 0 saturated heterocycles. The standard InChI is InChI=1S/C16H12N2O2S/c19-16(20)13-7-3-9-18-15(13)21-10-12-5-1-4-11-6-2-8-17-14(11)12/h1-9H,10H2,(H,19,20). The van der Waals surface area contributed by atoms with Gasteiger partial charge in [0.25, 0.3) is 0 Å². The van der Waals surface area contributed by atoms with E-state index in [2.05, 4.69) is 9.97 Å². The second-order valence-corrected chi connectivity index (χ2v) is 5.41. The van der Waals surface area contributed by atoms with Gasteiger partial charge in [0.1, 0.15) is 5.03 Å². The molecule has 0 aliphatic heterocycles. The Morgan fingerprint density at radius 2 is 1.81 bits per heavy atom. The molecule has 104 valence electrons. The minimum Gasteiger partial charge on any atom is -0.478 e. The lowest BCUT2D eigenvalue weighted by Gasteiger charge is -2.06. The van der Waals surface area contributed by atoms with Gasteiger partial charge in [0.15, 0.2) is 0 Å². The Labute approximate surface area is 125 Å². The minimum atomic E-state index is -0.957. The van der Waals surface area contributed by atoms with Crippen LogP contribution in [0.25, 0.3) is 10.9 Å². The number of benzene rings is 1. The van der Waals surface area contributed by atoms with Crippen molar-refractivity contribution in [3.05, 3.63) is 66.0 Å². The second-order valence-electron chi connectivity index (χ2n) is 4.44. The Balaban J connectivity index is 1.89. The van der Waals surface area contributed by atoms with E-state index >= 15 is 0 Å². The molecular formula is C16H12N2O2S. The van der Waals surface area contributed by atoms with Gasteiger partial charge in [-0.1, -0.05) is 24.3 Å². The van der Waals surface area contributed by atoms with Crippen LogP contribution in [-0.2, 0) is 5.75 Å². The van der Waals surface area contributed by atoms with Crippen LogP contribution < -0.4 is 0 Å². The molecule has 0 bridgehead atoms. The SMILES string of the molecule is O=C(O)c1cccnc1SCc1cccc2cccnc12. The van der Waals surface area contributed by atoms with Crippen molar-refractivity contribution in [3.63, 3.8) is 0 Å². The number of pyridine rings is 2. The fourth-order valence-corrected chi connectivity index (χ4v) is 3.07. The van der Waals surface area contributed by atoms with Crippen molar-refractivity contribution >= 4 is 28.6 Å². The first-order valence-electron chi connectivity index (χ1n) is 6.39. The third-order valence-corrected chi connectivity index (χ3v) is 4.14. The van der Waals surface area contributed by atoms with E-state index in [1.807, 2.05) is 30.3 Å². The Morgan fingerprint density at radius 3 is 2.67 bits per heavy atom. The molecule has 1 N–H and O–H groups in total. The highest BCUT2D eigenvalue weighted by Crippen LogP contribution is 2.27. The van der Waals surface area contributed by atoms with E-state index in [4.69, 9.17) is 5.11 Å². The monoisotopic (exact) mass is 296 g/mol. The van der Waals surface area contributed by atoms with Crippen LogP contribution in [-0.4, -0.2) is 21.0 Å². The number of para-hydroxylation sites is 1. The van der Waals surface area contributed by atoms with Gasteiger partial charge in [-0.3, -0.25) is 4.98 Å². The van der Waals surface area contributed by atoms with Crippen molar-refractivity contribution in [1.29, 1.82) is 0 Å². The highest BCUT2D eigenvalue weighted by molar-refractivity contribution is 7.98. The van der Waals surface area contributed by atoms with Gasteiger partial charge in [-0.15, -0.1) is 11.8 Å². The van der Waals surface area contributed by atoms with Gasteiger partial charge in [0.05, 0.1) is 11.1 Å². The van der Waals surface area contributed by atoms with Crippen molar-refractivity contribution in [2.24, 2.45) is 0 Å². The quantitative estimate of drug-likeness (QED) is 0.745. The van der Waals surface area contributed by atoms with Crippen LogP contribution in [0.4, 0.5) is 0 Å². The molecule has 0 spiro atoms. The molecule has 0 aliphatic carbocycles. The van der Waals surface area contributed by atoms with E-state index in [0.29, 0.717) is 10.8 Å². The highest BCUT2D eigenvalue weighted by Gasteiger charge is 2.11. The third-order valence-electron chi connectivity index (χ3n) is 3.08. The topological polar surface area (TPSA) is 63.1 Å². The molecule has 0 amide bonds. The van der Waals surface area contributed by atoms with Crippen LogP contribution in [0, 0.1) is 0 Å². The van der Waals surface area contributed by atoms with E-state index in [1.54, 1.807) is 24.5 Å². The number of carbonyl (C=O) groups is 1. The second kappa shape index (κ2) is 5.93. The van der Waals surface area contributed by atoms with E-state index in [1.165, 1.54) is 11.8 Å². The predicted molar refractivity (Wildman–Crippen MR) is 82.5 cm³/mol. The summed E-state index contributed by atoms with van der Waals surface area (Å²) in [5, 5.41) is 10.8. The fraction of sp³-hybridized carbons (Fsp3) is 0.0625. The Kier molecular flexibility index (Phi) is 3.83. The minimum absolute atomic E-state index is 0.232. The molecule has 4 nitrogen and oxygen atoms in total. The number of rotatable bonds is 4. The molecular weight excluding hydrogens is 284 g/mol. The summed E-state index contributed by atoms with van der Waals surface area (Å²) < 4.78 is 0. The number of aromatic nitrogens is 2. The molecule has 5 heteroatoms. The van der Waals surface area contributed by atoms with Crippen molar-refractivity contribution < 1.29 is 9.90 Å². The number of carboxylic acid groups (broad SMARTS) is 1. The van der Waals surface area contributed by atoms with Crippen molar-refractivity contribution in [2.45, 2.75) is 10.8 Å². The van der Waals surface area contributed by atoms with Crippen LogP contribution in [0.3, 0.4) is 0 Å². The third kappa shape index (κ3) is 2.87. The zero-order valence-corrected chi connectivity index (χ0v) is 11.9. The summed E-state index contributed by atoms with van der Waals surface area (Å²) in [5.41, 5.74) is 2.25. The summed E-state index contributed by atoms with van der Waals surface area (Å²) >= 11 is 1.41.